The number of aliphatic hydroxyl groups excluding tert-OH is 2. The Bertz CT molecular complexity index is 2040. The highest BCUT2D eigenvalue weighted by molar-refractivity contribution is 8.14. The van der Waals surface area contributed by atoms with Crippen LogP contribution in [0.5, 0.6) is 17.4 Å². The summed E-state index contributed by atoms with van der Waals surface area (Å²) in [6, 6.07) is 22.2. The van der Waals surface area contributed by atoms with Crippen LogP contribution in [0, 0.1) is 5.21 Å². The molecule has 1 fully saturated rings. The van der Waals surface area contributed by atoms with Gasteiger partial charge in [0.15, 0.2) is 11.9 Å². The number of amides is 1. The predicted molar refractivity (Wildman–Crippen MR) is 203 cm³/mol. The van der Waals surface area contributed by atoms with Crippen molar-refractivity contribution in [3.8, 4) is 17.4 Å². The van der Waals surface area contributed by atoms with Crippen LogP contribution in [0.3, 0.4) is 0 Å². The average Bonchev–Trinajstić information content (AvgIpc) is 3.62. The highest BCUT2D eigenvalue weighted by Crippen LogP contribution is 2.27. The molecule has 4 N–H and O–H groups in total. The van der Waals surface area contributed by atoms with Crippen LogP contribution in [0.15, 0.2) is 90.0 Å². The Balaban J connectivity index is 0.922. The molecule has 3 unspecified atom stereocenters. The monoisotopic (exact) mass is 758 g/mol. The molecule has 1 aliphatic heterocycles. The second-order valence-corrected chi connectivity index (χ2v) is 15.1. The summed E-state index contributed by atoms with van der Waals surface area (Å²) >= 11 is 2.12. The number of aromatic hydroxyl groups is 1. The largest absolute Gasteiger partial charge is 0.618 e. The second-order valence-electron chi connectivity index (χ2n) is 12.8. The minimum absolute atomic E-state index is 0.0139. The zero-order chi connectivity index (χ0) is 37.3. The van der Waals surface area contributed by atoms with Crippen molar-refractivity contribution in [1.82, 2.24) is 14.9 Å². The van der Waals surface area contributed by atoms with Crippen LogP contribution < -0.4 is 24.4 Å². The number of pyridine rings is 2. The molecule has 0 bridgehead atoms. The molecule has 4 heterocycles. The maximum atomic E-state index is 12.7. The highest BCUT2D eigenvalue weighted by atomic mass is 32.2. The number of thiazole rings is 1. The number of thioether (sulfide) groups is 1. The first-order valence-corrected chi connectivity index (χ1v) is 19.2. The van der Waals surface area contributed by atoms with Crippen LogP contribution in [0.2, 0.25) is 0 Å². The van der Waals surface area contributed by atoms with E-state index in [4.69, 9.17) is 9.47 Å². The molecule has 53 heavy (non-hydrogen) atoms. The van der Waals surface area contributed by atoms with Crippen LogP contribution in [0.25, 0.3) is 0 Å². The Morgan fingerprint density at radius 1 is 0.943 bits per heavy atom. The number of carbonyl (C=O) groups is 1. The molecule has 1 amide bonds. The fourth-order valence-corrected chi connectivity index (χ4v) is 7.79. The van der Waals surface area contributed by atoms with Crippen molar-refractivity contribution in [2.24, 2.45) is 0 Å². The van der Waals surface area contributed by atoms with E-state index in [1.54, 1.807) is 30.6 Å². The number of benzene rings is 2. The lowest BCUT2D eigenvalue weighted by molar-refractivity contribution is -0.614. The molecule has 3 atom stereocenters. The molecule has 278 valence electrons. The number of aliphatic hydroxyl groups is 2. The number of hydrogen-bond acceptors (Lipinski definition) is 11. The molecule has 5 aromatic rings. The van der Waals surface area contributed by atoms with Crippen molar-refractivity contribution in [3.63, 3.8) is 0 Å². The van der Waals surface area contributed by atoms with Crippen LogP contribution in [-0.4, -0.2) is 54.8 Å². The lowest BCUT2D eigenvalue weighted by Gasteiger charge is -2.14. The standard InChI is InChI=1S/C39H42N4O8S2/c1-2-25-5-11-29(43(49)23-25)17-19-50-30-12-6-27(7-13-30)21-35-37(46)42(39(48)53-35)18-3-4-28-10-16-32(40-22-28)33(44)24-51-31-14-8-26(9-15-31)20-34-36(45)41-38(47)52-34/h5-16,22-23,33-34,36,44-46H,2-4,17-21,24H2,1H3,(H,41,47). The van der Waals surface area contributed by atoms with Gasteiger partial charge in [0.25, 0.3) is 5.24 Å². The zero-order valence-corrected chi connectivity index (χ0v) is 30.9. The molecule has 3 aromatic heterocycles. The number of carbonyl (C=O) groups excluding carboxylic acids is 1. The van der Waals surface area contributed by atoms with Crippen molar-refractivity contribution in [2.45, 2.75) is 69.6 Å². The molecular weight excluding hydrogens is 717 g/mol. The Morgan fingerprint density at radius 2 is 1.64 bits per heavy atom. The summed E-state index contributed by atoms with van der Waals surface area (Å²) in [5.74, 6) is 1.24. The summed E-state index contributed by atoms with van der Waals surface area (Å²) in [6.45, 7) is 2.74. The van der Waals surface area contributed by atoms with Crippen molar-refractivity contribution in [1.29, 1.82) is 0 Å². The van der Waals surface area contributed by atoms with Gasteiger partial charge in [0.05, 0.1) is 28.8 Å². The van der Waals surface area contributed by atoms with Gasteiger partial charge in [0.1, 0.15) is 30.4 Å². The molecule has 6 rings (SSSR count). The normalized spacial score (nSPS) is 16.0. The molecule has 1 aliphatic rings. The van der Waals surface area contributed by atoms with E-state index in [0.717, 1.165) is 56.5 Å². The van der Waals surface area contributed by atoms with E-state index in [1.807, 2.05) is 61.5 Å². The average molecular weight is 759 g/mol. The number of aryl methyl sites for hydroxylation is 2. The summed E-state index contributed by atoms with van der Waals surface area (Å²) in [4.78, 5) is 29.0. The molecule has 0 saturated carbocycles. The molecular formula is C39H42N4O8S2. The summed E-state index contributed by atoms with van der Waals surface area (Å²) in [7, 11) is 0. The lowest BCUT2D eigenvalue weighted by atomic mass is 10.1. The van der Waals surface area contributed by atoms with E-state index in [2.05, 4.69) is 10.3 Å². The number of hydrogen-bond donors (Lipinski definition) is 4. The maximum absolute atomic E-state index is 12.7. The van der Waals surface area contributed by atoms with E-state index in [-0.39, 0.29) is 27.8 Å². The first kappa shape index (κ1) is 37.9. The SMILES string of the molecule is CCc1ccc(CCOc2ccc(Cc3sc(=O)n(CCCc4ccc(C(O)COc5ccc(CC6SC(=O)NC6O)cc5)nc4)c3O)cc2)[n+]([O-])c1. The van der Waals surface area contributed by atoms with E-state index in [9.17, 15) is 30.1 Å². The molecule has 0 aliphatic carbocycles. The first-order valence-electron chi connectivity index (χ1n) is 17.5. The van der Waals surface area contributed by atoms with E-state index < -0.39 is 12.3 Å². The van der Waals surface area contributed by atoms with Gasteiger partial charge in [-0.2, -0.15) is 4.73 Å². The van der Waals surface area contributed by atoms with E-state index >= 15 is 0 Å². The zero-order valence-electron chi connectivity index (χ0n) is 29.2. The van der Waals surface area contributed by atoms with E-state index in [1.165, 1.54) is 4.57 Å². The minimum atomic E-state index is -0.935. The molecule has 12 nitrogen and oxygen atoms in total. The molecule has 2 aromatic carbocycles. The topological polar surface area (TPSA) is 170 Å². The minimum Gasteiger partial charge on any atom is -0.618 e. The van der Waals surface area contributed by atoms with Gasteiger partial charge in [0.2, 0.25) is 5.88 Å². The summed E-state index contributed by atoms with van der Waals surface area (Å²) in [6.07, 6.45) is 4.97. The van der Waals surface area contributed by atoms with Crippen LogP contribution in [0.1, 0.15) is 58.0 Å². The van der Waals surface area contributed by atoms with Gasteiger partial charge in [-0.1, -0.05) is 60.4 Å². The molecule has 0 spiro atoms. The van der Waals surface area contributed by atoms with Gasteiger partial charge in [-0.05, 0) is 78.8 Å². The Kier molecular flexibility index (Phi) is 12.7. The third kappa shape index (κ3) is 10.2. The second kappa shape index (κ2) is 17.8. The third-order valence-corrected chi connectivity index (χ3v) is 11.0. The van der Waals surface area contributed by atoms with Crippen molar-refractivity contribution >= 4 is 28.3 Å². The highest BCUT2D eigenvalue weighted by Gasteiger charge is 2.31. The predicted octanol–water partition coefficient (Wildman–Crippen LogP) is 4.85. The first-order chi connectivity index (χ1) is 25.6. The number of nitrogens with zero attached hydrogens (tertiary/aromatic N) is 3. The quantitative estimate of drug-likeness (QED) is 0.0760. The molecule has 1 saturated heterocycles. The Hall–Kier alpha value is -4.89. The number of nitrogens with one attached hydrogen (secondary N) is 1. The molecule has 0 radical (unpaired) electrons. The van der Waals surface area contributed by atoms with Crippen molar-refractivity contribution < 1.29 is 34.3 Å². The number of rotatable bonds is 17. The lowest BCUT2D eigenvalue weighted by Crippen LogP contribution is -2.32. The number of ether oxygens (including phenoxy) is 2. The van der Waals surface area contributed by atoms with Gasteiger partial charge < -0.3 is 35.3 Å². The van der Waals surface area contributed by atoms with Crippen molar-refractivity contribution in [3.05, 3.63) is 139 Å². The van der Waals surface area contributed by atoms with Gasteiger partial charge in [-0.3, -0.25) is 19.1 Å². The fourth-order valence-electron chi connectivity index (χ4n) is 5.91. The van der Waals surface area contributed by atoms with E-state index in [0.29, 0.717) is 73.0 Å². The number of aromatic nitrogens is 3. The molecule has 14 heteroatoms. The Morgan fingerprint density at radius 3 is 2.30 bits per heavy atom. The smallest absolute Gasteiger partial charge is 0.310 e. The summed E-state index contributed by atoms with van der Waals surface area (Å²) < 4.78 is 13.9. The Labute approximate surface area is 315 Å². The van der Waals surface area contributed by atoms with Gasteiger partial charge in [-0.15, -0.1) is 0 Å². The third-order valence-electron chi connectivity index (χ3n) is 9.00. The summed E-state index contributed by atoms with van der Waals surface area (Å²) in [5, 5.41) is 45.6. The van der Waals surface area contributed by atoms with Crippen LogP contribution in [-0.2, 0) is 38.6 Å². The van der Waals surface area contributed by atoms with Crippen LogP contribution in [0.4, 0.5) is 4.79 Å². The van der Waals surface area contributed by atoms with Gasteiger partial charge in [0, 0.05) is 30.8 Å². The fraction of sp³-hybridized carbons (Fsp3) is 0.333. The van der Waals surface area contributed by atoms with Gasteiger partial charge in [-0.25, -0.2) is 0 Å². The van der Waals surface area contributed by atoms with Crippen molar-refractivity contribution in [2.75, 3.05) is 13.2 Å². The van der Waals surface area contributed by atoms with Gasteiger partial charge >= 0.3 is 4.87 Å². The van der Waals surface area contributed by atoms with Crippen LogP contribution >= 0.6 is 23.1 Å². The maximum Gasteiger partial charge on any atom is 0.310 e. The summed E-state index contributed by atoms with van der Waals surface area (Å²) in [5.41, 5.74) is 4.94.